The van der Waals surface area contributed by atoms with Crippen molar-refractivity contribution in [1.29, 1.82) is 5.26 Å². The number of aromatic nitrogens is 2. The summed E-state index contributed by atoms with van der Waals surface area (Å²) in [4.78, 5) is 26.0. The SMILES string of the molecule is CC[C@H]1O[C@@H](n2cc(C)c(=O)n(CC#CCC(C)C)c2=O)C[C@H]1OP(OCCC#N)N(C(C)C)C(C)C. The molecule has 9 nitrogen and oxygen atoms in total. The molecule has 0 amide bonds. The first kappa shape index (κ1) is 31.2. The second-order valence-electron chi connectivity index (χ2n) is 10.3. The van der Waals surface area contributed by atoms with Gasteiger partial charge in [-0.15, -0.1) is 5.92 Å². The van der Waals surface area contributed by atoms with E-state index in [-0.39, 0.29) is 49.4 Å². The van der Waals surface area contributed by atoms with Crippen LogP contribution >= 0.6 is 8.53 Å². The van der Waals surface area contributed by atoms with E-state index in [0.717, 1.165) is 0 Å². The maximum atomic E-state index is 13.3. The molecule has 1 saturated heterocycles. The van der Waals surface area contributed by atoms with Gasteiger partial charge in [-0.25, -0.2) is 14.0 Å². The molecule has 2 rings (SSSR count). The zero-order chi connectivity index (χ0) is 27.7. The topological polar surface area (TPSA) is 98.7 Å². The third-order valence-corrected chi connectivity index (χ3v) is 8.18. The Kier molecular flexibility index (Phi) is 12.5. The Hall–Kier alpha value is -2.00. The van der Waals surface area contributed by atoms with Crippen molar-refractivity contribution in [2.45, 2.75) is 118 Å². The molecule has 0 bridgehead atoms. The standard InChI is InChI=1S/C27H43N4O5P/c1-9-23-24(36-37(34-16-12-14-28)31(20(4)5)21(6)7)17-25(35-23)30-18-22(8)26(32)29(27(30)33)15-11-10-13-19(2)3/h18-21,23-25H,9,12-13,15-17H2,1-8H3/t23-,24-,25-,37?/m1/s1. The van der Waals surface area contributed by atoms with Crippen LogP contribution in [0.5, 0.6) is 0 Å². The first-order valence-corrected chi connectivity index (χ1v) is 14.3. The maximum absolute atomic E-state index is 13.3. The highest BCUT2D eigenvalue weighted by atomic mass is 31.2. The zero-order valence-corrected chi connectivity index (χ0v) is 24.5. The van der Waals surface area contributed by atoms with Gasteiger partial charge in [-0.1, -0.05) is 26.7 Å². The molecule has 1 aliphatic rings. The Morgan fingerprint density at radius 3 is 2.43 bits per heavy atom. The molecule has 0 aromatic carbocycles. The molecule has 206 valence electrons. The van der Waals surface area contributed by atoms with Gasteiger partial charge in [0.1, 0.15) is 6.23 Å². The van der Waals surface area contributed by atoms with Crippen molar-refractivity contribution in [2.24, 2.45) is 5.92 Å². The second kappa shape index (κ2) is 14.8. The van der Waals surface area contributed by atoms with Gasteiger partial charge in [0.25, 0.3) is 14.1 Å². The number of nitrogens with zero attached hydrogens (tertiary/aromatic N) is 4. The number of hydrogen-bond acceptors (Lipinski definition) is 7. The van der Waals surface area contributed by atoms with Crippen LogP contribution in [0.1, 0.15) is 85.9 Å². The lowest BCUT2D eigenvalue weighted by Gasteiger charge is -2.37. The predicted octanol–water partition coefficient (Wildman–Crippen LogP) is 4.73. The average molecular weight is 535 g/mol. The Balaban J connectivity index is 2.33. The molecule has 1 unspecified atom stereocenters. The third kappa shape index (κ3) is 8.50. The number of rotatable bonds is 12. The lowest BCUT2D eigenvalue weighted by Crippen LogP contribution is -2.42. The summed E-state index contributed by atoms with van der Waals surface area (Å²) < 4.78 is 23.8. The van der Waals surface area contributed by atoms with Gasteiger partial charge in [0.2, 0.25) is 0 Å². The Morgan fingerprint density at radius 1 is 1.19 bits per heavy atom. The van der Waals surface area contributed by atoms with Crippen molar-refractivity contribution in [1.82, 2.24) is 13.8 Å². The summed E-state index contributed by atoms with van der Waals surface area (Å²) in [6.07, 6.45) is 2.59. The Labute approximate surface area is 222 Å². The van der Waals surface area contributed by atoms with E-state index in [2.05, 4.69) is 64.1 Å². The van der Waals surface area contributed by atoms with Crippen LogP contribution in [0.25, 0.3) is 0 Å². The molecular weight excluding hydrogens is 491 g/mol. The van der Waals surface area contributed by atoms with Gasteiger partial charge in [0, 0.05) is 36.7 Å². The Bertz CT molecular complexity index is 1090. The summed E-state index contributed by atoms with van der Waals surface area (Å²) in [5, 5.41) is 8.98. The normalized spacial score (nSPS) is 20.5. The highest BCUT2D eigenvalue weighted by molar-refractivity contribution is 7.44. The first-order valence-electron chi connectivity index (χ1n) is 13.2. The fourth-order valence-electron chi connectivity index (χ4n) is 4.27. The number of nitriles is 1. The summed E-state index contributed by atoms with van der Waals surface area (Å²) in [5.41, 5.74) is -0.315. The van der Waals surface area contributed by atoms with E-state index in [1.165, 1.54) is 9.13 Å². The van der Waals surface area contributed by atoms with Crippen LogP contribution < -0.4 is 11.2 Å². The van der Waals surface area contributed by atoms with E-state index >= 15 is 0 Å². The van der Waals surface area contributed by atoms with Crippen LogP contribution in [0, 0.1) is 36.0 Å². The summed E-state index contributed by atoms with van der Waals surface area (Å²) in [5.74, 6) is 6.43. The molecule has 4 atom stereocenters. The molecule has 10 heteroatoms. The van der Waals surface area contributed by atoms with Crippen LogP contribution in [0.15, 0.2) is 15.8 Å². The maximum Gasteiger partial charge on any atom is 0.333 e. The van der Waals surface area contributed by atoms with Crippen molar-refractivity contribution in [3.8, 4) is 17.9 Å². The quantitative estimate of drug-likeness (QED) is 0.217. The Morgan fingerprint density at radius 2 is 1.86 bits per heavy atom. The molecule has 1 aromatic rings. The van der Waals surface area contributed by atoms with Gasteiger partial charge in [-0.05, 0) is 47.0 Å². The highest BCUT2D eigenvalue weighted by Crippen LogP contribution is 2.50. The lowest BCUT2D eigenvalue weighted by atomic mass is 10.1. The molecule has 0 spiro atoms. The van der Waals surface area contributed by atoms with E-state index in [4.69, 9.17) is 19.0 Å². The third-order valence-electron chi connectivity index (χ3n) is 6.02. The minimum Gasteiger partial charge on any atom is -0.352 e. The monoisotopic (exact) mass is 534 g/mol. The van der Waals surface area contributed by atoms with Gasteiger partial charge in [0.15, 0.2) is 0 Å². The summed E-state index contributed by atoms with van der Waals surface area (Å²) in [6, 6.07) is 2.47. The highest BCUT2D eigenvalue weighted by Gasteiger charge is 2.40. The van der Waals surface area contributed by atoms with Crippen molar-refractivity contribution >= 4 is 8.53 Å². The van der Waals surface area contributed by atoms with Crippen LogP contribution in [0.3, 0.4) is 0 Å². The fraction of sp³-hybridized carbons (Fsp3) is 0.741. The first-order chi connectivity index (χ1) is 17.5. The van der Waals surface area contributed by atoms with Crippen LogP contribution in [-0.2, 0) is 20.3 Å². The zero-order valence-electron chi connectivity index (χ0n) is 23.6. The van der Waals surface area contributed by atoms with Gasteiger partial charge in [0.05, 0.1) is 37.8 Å². The molecular formula is C27H43N4O5P. The smallest absolute Gasteiger partial charge is 0.333 e. The number of aryl methyl sites for hydroxylation is 1. The molecule has 1 aliphatic heterocycles. The molecule has 0 aliphatic carbocycles. The van der Waals surface area contributed by atoms with Crippen LogP contribution in [0.2, 0.25) is 0 Å². The molecule has 0 N–H and O–H groups in total. The van der Waals surface area contributed by atoms with Crippen molar-refractivity contribution in [3.05, 3.63) is 32.6 Å². The molecule has 0 radical (unpaired) electrons. The van der Waals surface area contributed by atoms with E-state index in [0.29, 0.717) is 30.7 Å². The second-order valence-corrected chi connectivity index (χ2v) is 11.7. The summed E-state index contributed by atoms with van der Waals surface area (Å²) >= 11 is 0. The minimum absolute atomic E-state index is 0.0473. The predicted molar refractivity (Wildman–Crippen MR) is 146 cm³/mol. The van der Waals surface area contributed by atoms with Gasteiger partial charge in [-0.3, -0.25) is 9.36 Å². The van der Waals surface area contributed by atoms with Crippen LogP contribution in [0.4, 0.5) is 0 Å². The molecule has 1 fully saturated rings. The summed E-state index contributed by atoms with van der Waals surface area (Å²) in [6.45, 7) is 16.6. The largest absolute Gasteiger partial charge is 0.352 e. The number of ether oxygens (including phenoxy) is 1. The van der Waals surface area contributed by atoms with E-state index < -0.39 is 20.4 Å². The molecule has 1 aromatic heterocycles. The average Bonchev–Trinajstić information content (AvgIpc) is 3.22. The lowest BCUT2D eigenvalue weighted by molar-refractivity contribution is -0.0207. The molecule has 37 heavy (non-hydrogen) atoms. The minimum atomic E-state index is -1.45. The summed E-state index contributed by atoms with van der Waals surface area (Å²) in [7, 11) is -1.45. The number of hydrogen-bond donors (Lipinski definition) is 0. The molecule has 2 heterocycles. The van der Waals surface area contributed by atoms with Gasteiger partial charge < -0.3 is 13.8 Å². The van der Waals surface area contributed by atoms with E-state index in [9.17, 15) is 9.59 Å². The van der Waals surface area contributed by atoms with Crippen molar-refractivity contribution < 1.29 is 13.8 Å². The van der Waals surface area contributed by atoms with Crippen molar-refractivity contribution in [3.63, 3.8) is 0 Å². The van der Waals surface area contributed by atoms with Gasteiger partial charge in [-0.2, -0.15) is 5.26 Å². The van der Waals surface area contributed by atoms with Gasteiger partial charge >= 0.3 is 5.69 Å². The van der Waals surface area contributed by atoms with Crippen LogP contribution in [-0.4, -0.2) is 44.7 Å². The van der Waals surface area contributed by atoms with E-state index in [1.54, 1.807) is 13.1 Å². The fourth-order valence-corrected chi connectivity index (χ4v) is 6.03. The van der Waals surface area contributed by atoms with E-state index in [1.807, 2.05) is 6.92 Å². The molecule has 0 saturated carbocycles. The van der Waals surface area contributed by atoms with Crippen molar-refractivity contribution in [2.75, 3.05) is 6.61 Å².